The molecule has 2 aliphatic rings. The lowest BCUT2D eigenvalue weighted by molar-refractivity contribution is -0.110. The molecule has 6 rings (SSSR count). The van der Waals surface area contributed by atoms with Gasteiger partial charge in [0.1, 0.15) is 16.5 Å². The highest BCUT2D eigenvalue weighted by Gasteiger charge is 2.31. The zero-order chi connectivity index (χ0) is 29.8. The predicted molar refractivity (Wildman–Crippen MR) is 159 cm³/mol. The van der Waals surface area contributed by atoms with Crippen LogP contribution in [0.3, 0.4) is 0 Å². The molecule has 2 fully saturated rings. The Kier molecular flexibility index (Phi) is 8.56. The minimum Gasteiger partial charge on any atom is -0.473 e. The largest absolute Gasteiger partial charge is 0.473 e. The molecule has 1 aromatic carbocycles. The number of hydrogen-bond acceptors (Lipinski definition) is 13. The van der Waals surface area contributed by atoms with Crippen LogP contribution in [0.2, 0.25) is 0 Å². The number of aromatic nitrogens is 4. The molecule has 5 heterocycles. The van der Waals surface area contributed by atoms with Gasteiger partial charge in [-0.3, -0.25) is 10.1 Å². The minimum absolute atomic E-state index is 0.0730. The number of likely N-dealkylation sites (tertiary alicyclic amines) is 1. The van der Waals surface area contributed by atoms with Gasteiger partial charge in [-0.2, -0.15) is 0 Å². The number of carbonyl (C=O) groups excluding carboxylic acids is 1. The van der Waals surface area contributed by atoms with Gasteiger partial charge >= 0.3 is 0 Å². The Morgan fingerprint density at radius 3 is 2.67 bits per heavy atom. The van der Waals surface area contributed by atoms with Gasteiger partial charge in [0.25, 0.3) is 5.91 Å². The van der Waals surface area contributed by atoms with E-state index in [4.69, 9.17) is 14.3 Å². The van der Waals surface area contributed by atoms with Gasteiger partial charge < -0.3 is 19.2 Å². The van der Waals surface area contributed by atoms with Crippen molar-refractivity contribution in [3.05, 3.63) is 66.2 Å². The van der Waals surface area contributed by atoms with Gasteiger partial charge in [0.05, 0.1) is 16.8 Å². The van der Waals surface area contributed by atoms with Gasteiger partial charge in [0.2, 0.25) is 5.88 Å². The van der Waals surface area contributed by atoms with E-state index in [1.807, 2.05) is 0 Å². The fourth-order valence-electron chi connectivity index (χ4n) is 4.77. The van der Waals surface area contributed by atoms with E-state index in [-0.39, 0.29) is 29.9 Å². The molecule has 1 N–H and O–H groups in total. The first-order chi connectivity index (χ1) is 20.8. The summed E-state index contributed by atoms with van der Waals surface area (Å²) >= 11 is 1.20. The highest BCUT2D eigenvalue weighted by Crippen LogP contribution is 2.28. The first-order valence-electron chi connectivity index (χ1n) is 13.7. The molecule has 15 heteroatoms. The van der Waals surface area contributed by atoms with Crippen molar-refractivity contribution in [3.63, 3.8) is 0 Å². The van der Waals surface area contributed by atoms with Crippen molar-refractivity contribution in [3.8, 4) is 5.88 Å². The molecule has 1 amide bonds. The van der Waals surface area contributed by atoms with Crippen LogP contribution >= 0.6 is 11.3 Å². The normalized spacial score (nSPS) is 19.5. The van der Waals surface area contributed by atoms with Gasteiger partial charge in [0.15, 0.2) is 33.1 Å². The third kappa shape index (κ3) is 6.80. The molecule has 0 spiro atoms. The van der Waals surface area contributed by atoms with Crippen LogP contribution in [0.25, 0.3) is 10.3 Å². The monoisotopic (exact) mass is 623 g/mol. The van der Waals surface area contributed by atoms with E-state index in [0.29, 0.717) is 45.8 Å². The molecule has 2 aliphatic heterocycles. The summed E-state index contributed by atoms with van der Waals surface area (Å²) in [5, 5.41) is 6.56. The number of pyridine rings is 1. The molecule has 2 saturated heterocycles. The number of amides is 1. The van der Waals surface area contributed by atoms with E-state index in [1.54, 1.807) is 30.6 Å². The second-order valence-electron chi connectivity index (χ2n) is 10.2. The van der Waals surface area contributed by atoms with Crippen molar-refractivity contribution in [1.29, 1.82) is 0 Å². The molecule has 0 bridgehead atoms. The fraction of sp³-hybridized carbons (Fsp3) is 0.357. The number of ether oxygens (including phenoxy) is 2. The summed E-state index contributed by atoms with van der Waals surface area (Å²) in [5.41, 5.74) is 0.882. The average Bonchev–Trinajstić information content (AvgIpc) is 3.78. The molecule has 4 aromatic rings. The van der Waals surface area contributed by atoms with Gasteiger partial charge in [0, 0.05) is 43.7 Å². The van der Waals surface area contributed by atoms with E-state index in [0.717, 1.165) is 19.5 Å². The summed E-state index contributed by atoms with van der Waals surface area (Å²) in [6.45, 7) is 2.32. The Hall–Kier alpha value is -4.05. The highest BCUT2D eigenvalue weighted by molar-refractivity contribution is 7.92. The number of anilines is 1. The van der Waals surface area contributed by atoms with Crippen LogP contribution in [0.15, 0.2) is 64.9 Å². The maximum atomic E-state index is 13.5. The lowest BCUT2D eigenvalue weighted by Gasteiger charge is -2.12. The van der Waals surface area contributed by atoms with Gasteiger partial charge in [-0.05, 0) is 44.2 Å². The standard InChI is InChI=1S/C28H29N7O6S2/c1-35-13-9-19(15-35)41-24-8-7-22-27(32-24)42-28(31-22)33-26(36)25(34-40-17-23-29-11-2-12-30-23)18-3-5-20(6-4-18)43(37,38)21-10-14-39-16-21/h2-8,11-12,19,21H,9-10,13-17H2,1H3,(H,31,33,36)/t19-,21+/m1/s1. The zero-order valence-corrected chi connectivity index (χ0v) is 24.9. The fourth-order valence-corrected chi connectivity index (χ4v) is 7.18. The van der Waals surface area contributed by atoms with E-state index >= 15 is 0 Å². The van der Waals surface area contributed by atoms with Crippen molar-refractivity contribution < 1.29 is 27.5 Å². The summed E-state index contributed by atoms with van der Waals surface area (Å²) in [7, 11) is -1.52. The maximum absolute atomic E-state index is 13.5. The highest BCUT2D eigenvalue weighted by atomic mass is 32.2. The van der Waals surface area contributed by atoms with Crippen LogP contribution in [0.5, 0.6) is 5.88 Å². The number of nitrogens with zero attached hydrogens (tertiary/aromatic N) is 6. The van der Waals surface area contributed by atoms with Gasteiger partial charge in [-0.15, -0.1) is 0 Å². The Bertz CT molecular complexity index is 1730. The van der Waals surface area contributed by atoms with Crippen molar-refractivity contribution in [2.75, 3.05) is 38.7 Å². The molecule has 43 heavy (non-hydrogen) atoms. The molecule has 3 aromatic heterocycles. The molecular formula is C28H29N7O6S2. The molecular weight excluding hydrogens is 594 g/mol. The van der Waals surface area contributed by atoms with Crippen LogP contribution in [0, 0.1) is 0 Å². The lowest BCUT2D eigenvalue weighted by atomic mass is 10.1. The Morgan fingerprint density at radius 2 is 1.95 bits per heavy atom. The average molecular weight is 624 g/mol. The number of rotatable bonds is 10. The van der Waals surface area contributed by atoms with E-state index in [2.05, 4.69) is 42.4 Å². The number of nitrogens with one attached hydrogen (secondary N) is 1. The number of carbonyl (C=O) groups is 1. The summed E-state index contributed by atoms with van der Waals surface area (Å²) in [6.07, 6.45) is 4.60. The van der Waals surface area contributed by atoms with E-state index < -0.39 is 21.0 Å². The predicted octanol–water partition coefficient (Wildman–Crippen LogP) is 2.69. The summed E-state index contributed by atoms with van der Waals surface area (Å²) in [6, 6.07) is 11.2. The van der Waals surface area contributed by atoms with Crippen LogP contribution in [0.1, 0.15) is 24.2 Å². The topological polar surface area (TPSA) is 158 Å². The summed E-state index contributed by atoms with van der Waals surface area (Å²) < 4.78 is 37.3. The Morgan fingerprint density at radius 1 is 1.14 bits per heavy atom. The van der Waals surface area contributed by atoms with Crippen molar-refractivity contribution in [1.82, 2.24) is 24.8 Å². The van der Waals surface area contributed by atoms with Crippen molar-refractivity contribution in [2.45, 2.75) is 35.7 Å². The minimum atomic E-state index is -3.57. The number of sulfone groups is 1. The van der Waals surface area contributed by atoms with E-state index in [1.165, 1.54) is 35.6 Å². The number of thiazole rings is 1. The smallest absolute Gasteiger partial charge is 0.280 e. The Labute approximate surface area is 251 Å². The third-order valence-electron chi connectivity index (χ3n) is 7.05. The summed E-state index contributed by atoms with van der Waals surface area (Å²) in [5.74, 6) is 0.288. The second kappa shape index (κ2) is 12.7. The van der Waals surface area contributed by atoms with Gasteiger partial charge in [-0.25, -0.2) is 28.4 Å². The van der Waals surface area contributed by atoms with Crippen molar-refractivity contribution in [2.24, 2.45) is 5.16 Å². The molecule has 13 nitrogen and oxygen atoms in total. The van der Waals surface area contributed by atoms with Crippen LogP contribution in [-0.2, 0) is 30.8 Å². The van der Waals surface area contributed by atoms with Crippen LogP contribution in [0.4, 0.5) is 5.13 Å². The molecule has 0 radical (unpaired) electrons. The van der Waals surface area contributed by atoms with E-state index in [9.17, 15) is 13.2 Å². The molecule has 0 saturated carbocycles. The zero-order valence-electron chi connectivity index (χ0n) is 23.2. The molecule has 224 valence electrons. The number of benzene rings is 1. The second-order valence-corrected chi connectivity index (χ2v) is 13.4. The Balaban J connectivity index is 1.21. The number of hydrogen-bond donors (Lipinski definition) is 1. The quantitative estimate of drug-likeness (QED) is 0.205. The van der Waals surface area contributed by atoms with Crippen molar-refractivity contribution >= 4 is 48.3 Å². The van der Waals surface area contributed by atoms with Gasteiger partial charge in [-0.1, -0.05) is 28.6 Å². The molecule has 0 aliphatic carbocycles. The maximum Gasteiger partial charge on any atom is 0.280 e. The molecule has 0 unspecified atom stereocenters. The number of likely N-dealkylation sites (N-methyl/N-ethyl adjacent to an activating group) is 1. The number of fused-ring (bicyclic) bond motifs is 1. The molecule has 2 atom stereocenters. The first kappa shape index (κ1) is 29.0. The summed E-state index contributed by atoms with van der Waals surface area (Å²) in [4.78, 5) is 39.1. The first-order valence-corrected chi connectivity index (χ1v) is 16.0. The van der Waals surface area contributed by atoms with Crippen LogP contribution < -0.4 is 10.1 Å². The lowest BCUT2D eigenvalue weighted by Crippen LogP contribution is -2.25. The van der Waals surface area contributed by atoms with Crippen LogP contribution in [-0.4, -0.2) is 89.6 Å². The third-order valence-corrected chi connectivity index (χ3v) is 10.1. The SMILES string of the molecule is CN1CC[C@@H](Oc2ccc3nc(NC(=O)C(=NOCc4ncccn4)c4ccc(S(=O)(=O)[C@H]5CCOC5)cc4)sc3n2)C1. The number of oxime groups is 1.